The van der Waals surface area contributed by atoms with Gasteiger partial charge in [0.1, 0.15) is 16.8 Å². The maximum absolute atomic E-state index is 6.60. The van der Waals surface area contributed by atoms with E-state index in [4.69, 9.17) is 4.42 Å². The lowest BCUT2D eigenvalue weighted by molar-refractivity contribution is -0.633. The molecule has 0 unspecified atom stereocenters. The number of aromatic nitrogens is 2. The Morgan fingerprint density at radius 3 is 2.28 bits per heavy atom. The van der Waals surface area contributed by atoms with E-state index in [0.29, 0.717) is 5.92 Å². The summed E-state index contributed by atoms with van der Waals surface area (Å²) < 4.78 is 11.4. The van der Waals surface area contributed by atoms with Crippen LogP contribution in [-0.4, -0.2) is 4.57 Å². The highest BCUT2D eigenvalue weighted by Crippen LogP contribution is 2.40. The first-order chi connectivity index (χ1) is 19.0. The molecule has 0 atom stereocenters. The summed E-state index contributed by atoms with van der Waals surface area (Å²) in [6, 6.07) is 39.0. The number of imidazole rings is 1. The van der Waals surface area contributed by atoms with Crippen molar-refractivity contribution in [1.82, 2.24) is 4.57 Å². The van der Waals surface area contributed by atoms with Gasteiger partial charge in [-0.15, -0.1) is 0 Å². The number of benzene rings is 5. The largest absolute Gasteiger partial charge is 0.455 e. The first-order valence-electron chi connectivity index (χ1n) is 13.6. The van der Waals surface area contributed by atoms with Gasteiger partial charge in [0.2, 0.25) is 0 Å². The van der Waals surface area contributed by atoms with Crippen LogP contribution in [0.5, 0.6) is 0 Å². The second-order valence-corrected chi connectivity index (χ2v) is 10.7. The Morgan fingerprint density at radius 2 is 1.46 bits per heavy atom. The van der Waals surface area contributed by atoms with Crippen LogP contribution in [-0.2, 0) is 7.05 Å². The predicted octanol–water partition coefficient (Wildman–Crippen LogP) is 9.12. The van der Waals surface area contributed by atoms with Crippen LogP contribution in [0.2, 0.25) is 0 Å². The van der Waals surface area contributed by atoms with Crippen LogP contribution in [0.15, 0.2) is 114 Å². The maximum Gasteiger partial charge on any atom is 0.298 e. The zero-order valence-corrected chi connectivity index (χ0v) is 22.8. The third-order valence-corrected chi connectivity index (χ3v) is 7.99. The van der Waals surface area contributed by atoms with Gasteiger partial charge in [-0.05, 0) is 53.8 Å². The van der Waals surface area contributed by atoms with Gasteiger partial charge in [0.15, 0.2) is 16.6 Å². The lowest BCUT2D eigenvalue weighted by Crippen LogP contribution is -2.30. The van der Waals surface area contributed by atoms with Gasteiger partial charge < -0.3 is 4.42 Å². The van der Waals surface area contributed by atoms with E-state index in [2.05, 4.69) is 140 Å². The molecule has 0 fully saturated rings. The fourth-order valence-corrected chi connectivity index (χ4v) is 6.04. The van der Waals surface area contributed by atoms with Gasteiger partial charge in [-0.1, -0.05) is 98.8 Å². The van der Waals surface area contributed by atoms with Gasteiger partial charge in [-0.2, -0.15) is 4.57 Å². The van der Waals surface area contributed by atoms with Crippen molar-refractivity contribution in [2.24, 2.45) is 7.05 Å². The van der Waals surface area contributed by atoms with Crippen molar-refractivity contribution >= 4 is 33.0 Å². The molecule has 3 heteroatoms. The molecular formula is C36H31N2O+. The molecule has 0 radical (unpaired) electrons. The van der Waals surface area contributed by atoms with Crippen LogP contribution in [0.25, 0.3) is 61.2 Å². The molecule has 0 spiro atoms. The van der Waals surface area contributed by atoms with Gasteiger partial charge in [-0.25, -0.2) is 4.57 Å². The molecule has 0 amide bonds. The summed E-state index contributed by atoms with van der Waals surface area (Å²) in [6.45, 7) is 6.74. The van der Waals surface area contributed by atoms with Crippen LogP contribution < -0.4 is 4.57 Å². The minimum absolute atomic E-state index is 0.354. The van der Waals surface area contributed by atoms with E-state index in [1.54, 1.807) is 0 Å². The number of furan rings is 1. The summed E-state index contributed by atoms with van der Waals surface area (Å²) in [5.41, 5.74) is 11.5. The standard InChI is InChI=1S/C36H31N2O/c1-23(2)27-21-19-26(25-12-6-5-7-13-25)22-32(27)38-31-16-10-9-15-30(31)37(4)36(38)34-24(3)18-20-29-28-14-8-11-17-33(28)39-35(29)34/h5-23H,1-4H3/q+1. The summed E-state index contributed by atoms with van der Waals surface area (Å²) in [5, 5.41) is 2.29. The van der Waals surface area contributed by atoms with Crippen LogP contribution in [0.3, 0.4) is 0 Å². The normalized spacial score (nSPS) is 11.8. The Bertz CT molecular complexity index is 2010. The number of nitrogens with zero attached hydrogens (tertiary/aromatic N) is 2. The minimum Gasteiger partial charge on any atom is -0.455 e. The fourth-order valence-electron chi connectivity index (χ4n) is 6.04. The molecule has 0 saturated heterocycles. The van der Waals surface area contributed by atoms with Crippen LogP contribution >= 0.6 is 0 Å². The second kappa shape index (κ2) is 8.99. The molecule has 2 heterocycles. The van der Waals surface area contributed by atoms with Gasteiger partial charge in [0, 0.05) is 16.3 Å². The van der Waals surface area contributed by atoms with E-state index < -0.39 is 0 Å². The zero-order valence-electron chi connectivity index (χ0n) is 22.8. The summed E-state index contributed by atoms with van der Waals surface area (Å²) in [4.78, 5) is 0. The van der Waals surface area contributed by atoms with Gasteiger partial charge in [0.25, 0.3) is 5.82 Å². The average Bonchev–Trinajstić information content (AvgIpc) is 3.48. The number of rotatable bonds is 4. The van der Waals surface area contributed by atoms with E-state index in [1.165, 1.54) is 39.0 Å². The Morgan fingerprint density at radius 1 is 0.718 bits per heavy atom. The molecule has 190 valence electrons. The van der Waals surface area contributed by atoms with Crippen molar-refractivity contribution in [3.8, 4) is 28.2 Å². The van der Waals surface area contributed by atoms with Crippen molar-refractivity contribution in [2.75, 3.05) is 0 Å². The molecule has 0 aliphatic heterocycles. The third-order valence-electron chi connectivity index (χ3n) is 7.99. The number of hydrogen-bond acceptors (Lipinski definition) is 1. The molecule has 0 N–H and O–H groups in total. The van der Waals surface area contributed by atoms with E-state index in [0.717, 1.165) is 33.3 Å². The SMILES string of the molecule is Cc1ccc2c(oc3ccccc32)c1-c1n(-c2cc(-c3ccccc3)ccc2C(C)C)c2ccccc2[n+]1C. The van der Waals surface area contributed by atoms with Gasteiger partial charge in [-0.3, -0.25) is 0 Å². The maximum atomic E-state index is 6.60. The summed E-state index contributed by atoms with van der Waals surface area (Å²) in [7, 11) is 2.17. The Labute approximate surface area is 228 Å². The van der Waals surface area contributed by atoms with Crippen molar-refractivity contribution < 1.29 is 8.98 Å². The average molecular weight is 508 g/mol. The number of aryl methyl sites for hydroxylation is 2. The third kappa shape index (κ3) is 3.61. The monoisotopic (exact) mass is 507 g/mol. The van der Waals surface area contributed by atoms with E-state index >= 15 is 0 Å². The Balaban J connectivity index is 1.63. The smallest absolute Gasteiger partial charge is 0.298 e. The molecule has 3 nitrogen and oxygen atoms in total. The molecule has 2 aromatic heterocycles. The molecule has 0 bridgehead atoms. The number of hydrogen-bond donors (Lipinski definition) is 0. The lowest BCUT2D eigenvalue weighted by atomic mass is 9.95. The molecule has 0 saturated carbocycles. The number of fused-ring (bicyclic) bond motifs is 4. The van der Waals surface area contributed by atoms with E-state index in [9.17, 15) is 0 Å². The highest BCUT2D eigenvalue weighted by atomic mass is 16.3. The lowest BCUT2D eigenvalue weighted by Gasteiger charge is -2.15. The molecule has 39 heavy (non-hydrogen) atoms. The topological polar surface area (TPSA) is 21.9 Å². The zero-order chi connectivity index (χ0) is 26.7. The van der Waals surface area contributed by atoms with Gasteiger partial charge >= 0.3 is 0 Å². The highest BCUT2D eigenvalue weighted by Gasteiger charge is 2.31. The Kier molecular flexibility index (Phi) is 5.41. The number of para-hydroxylation sites is 3. The quantitative estimate of drug-likeness (QED) is 0.218. The molecule has 0 aliphatic carbocycles. The van der Waals surface area contributed by atoms with Crippen molar-refractivity contribution in [3.63, 3.8) is 0 Å². The van der Waals surface area contributed by atoms with Crippen molar-refractivity contribution in [1.29, 1.82) is 0 Å². The van der Waals surface area contributed by atoms with E-state index in [1.807, 2.05) is 6.07 Å². The molecular weight excluding hydrogens is 476 g/mol. The van der Waals surface area contributed by atoms with Crippen molar-refractivity contribution in [2.45, 2.75) is 26.7 Å². The Hall–Kier alpha value is -4.63. The molecule has 7 rings (SSSR count). The van der Waals surface area contributed by atoms with Crippen molar-refractivity contribution in [3.05, 3.63) is 120 Å². The van der Waals surface area contributed by atoms with Crippen LogP contribution in [0.1, 0.15) is 30.9 Å². The summed E-state index contributed by atoms with van der Waals surface area (Å²) >= 11 is 0. The highest BCUT2D eigenvalue weighted by molar-refractivity contribution is 6.09. The molecule has 7 aromatic rings. The fraction of sp³-hybridized carbons (Fsp3) is 0.139. The van der Waals surface area contributed by atoms with Gasteiger partial charge in [0.05, 0.1) is 7.05 Å². The van der Waals surface area contributed by atoms with Crippen LogP contribution in [0.4, 0.5) is 0 Å². The molecule has 0 aliphatic rings. The molecule has 5 aromatic carbocycles. The first kappa shape index (κ1) is 23.5. The van der Waals surface area contributed by atoms with Crippen LogP contribution in [0, 0.1) is 6.92 Å². The minimum atomic E-state index is 0.354. The predicted molar refractivity (Wildman–Crippen MR) is 161 cm³/mol. The summed E-state index contributed by atoms with van der Waals surface area (Å²) in [6.07, 6.45) is 0. The van der Waals surface area contributed by atoms with E-state index in [-0.39, 0.29) is 0 Å². The second-order valence-electron chi connectivity index (χ2n) is 10.7. The summed E-state index contributed by atoms with van der Waals surface area (Å²) in [5.74, 6) is 1.47. The first-order valence-corrected chi connectivity index (χ1v) is 13.6.